The molecule has 0 atom stereocenters. The topological polar surface area (TPSA) is 84.5 Å². The van der Waals surface area contributed by atoms with E-state index >= 15 is 0 Å². The Labute approximate surface area is 164 Å². The van der Waals surface area contributed by atoms with Gasteiger partial charge in [0.1, 0.15) is 5.75 Å². The van der Waals surface area contributed by atoms with Crippen LogP contribution in [0.3, 0.4) is 0 Å². The number of hydrogen-bond acceptors (Lipinski definition) is 4. The number of hydrogen-bond donors (Lipinski definition) is 2. The first-order chi connectivity index (χ1) is 13.4. The molecule has 0 aromatic heterocycles. The molecule has 3 rings (SSSR count). The number of nitrogens with one attached hydrogen (secondary N) is 2. The second-order valence-corrected chi connectivity index (χ2v) is 7.84. The Hall–Kier alpha value is -3.32. The van der Waals surface area contributed by atoms with Crippen molar-refractivity contribution in [2.75, 3.05) is 17.1 Å². The summed E-state index contributed by atoms with van der Waals surface area (Å²) in [6, 6.07) is 20.0. The van der Waals surface area contributed by atoms with Gasteiger partial charge in [-0.25, -0.2) is 8.42 Å². The van der Waals surface area contributed by atoms with Crippen LogP contribution in [0.15, 0.2) is 77.7 Å². The van der Waals surface area contributed by atoms with Crippen LogP contribution in [-0.4, -0.2) is 21.4 Å². The molecule has 1 amide bonds. The first-order valence-corrected chi connectivity index (χ1v) is 10.0. The molecule has 7 heteroatoms. The highest BCUT2D eigenvalue weighted by Crippen LogP contribution is 2.29. The van der Waals surface area contributed by atoms with E-state index in [1.165, 1.54) is 13.2 Å². The molecule has 0 bridgehead atoms. The quantitative estimate of drug-likeness (QED) is 0.658. The van der Waals surface area contributed by atoms with Crippen LogP contribution in [0.2, 0.25) is 0 Å². The summed E-state index contributed by atoms with van der Waals surface area (Å²) in [6.45, 7) is 1.89. The van der Waals surface area contributed by atoms with E-state index in [0.717, 1.165) is 5.56 Å². The van der Waals surface area contributed by atoms with Gasteiger partial charge < -0.3 is 10.1 Å². The minimum atomic E-state index is -3.73. The number of methoxy groups -OCH3 is 1. The maximum atomic E-state index is 12.5. The molecule has 0 saturated heterocycles. The van der Waals surface area contributed by atoms with Crippen molar-refractivity contribution in [3.63, 3.8) is 0 Å². The van der Waals surface area contributed by atoms with Gasteiger partial charge in [0.25, 0.3) is 15.9 Å². The van der Waals surface area contributed by atoms with Crippen molar-refractivity contribution in [2.45, 2.75) is 11.8 Å². The molecule has 28 heavy (non-hydrogen) atoms. The summed E-state index contributed by atoms with van der Waals surface area (Å²) in [5, 5.41) is 2.76. The Kier molecular flexibility index (Phi) is 5.65. The lowest BCUT2D eigenvalue weighted by Gasteiger charge is -2.13. The van der Waals surface area contributed by atoms with Crippen LogP contribution in [0.1, 0.15) is 15.9 Å². The molecule has 6 nitrogen and oxygen atoms in total. The number of carbonyl (C=O) groups excluding carboxylic acids is 1. The third-order valence-electron chi connectivity index (χ3n) is 4.07. The SMILES string of the molecule is COc1cc(NS(=O)(=O)c2ccc(C)cc2)ccc1NC(=O)c1ccccc1. The van der Waals surface area contributed by atoms with Crippen molar-refractivity contribution in [3.05, 3.63) is 83.9 Å². The van der Waals surface area contributed by atoms with Crippen molar-refractivity contribution in [3.8, 4) is 5.75 Å². The van der Waals surface area contributed by atoms with Crippen LogP contribution >= 0.6 is 0 Å². The lowest BCUT2D eigenvalue weighted by atomic mass is 10.2. The number of carbonyl (C=O) groups is 1. The molecule has 144 valence electrons. The molecular formula is C21H20N2O4S. The molecule has 0 fully saturated rings. The maximum absolute atomic E-state index is 12.5. The fourth-order valence-corrected chi connectivity index (χ4v) is 3.62. The van der Waals surface area contributed by atoms with E-state index in [0.29, 0.717) is 22.7 Å². The Balaban J connectivity index is 1.81. The van der Waals surface area contributed by atoms with Crippen LogP contribution in [-0.2, 0) is 10.0 Å². The van der Waals surface area contributed by atoms with E-state index in [9.17, 15) is 13.2 Å². The number of ether oxygens (including phenoxy) is 1. The van der Waals surface area contributed by atoms with Gasteiger partial charge in [0.2, 0.25) is 0 Å². The molecule has 2 N–H and O–H groups in total. The van der Waals surface area contributed by atoms with Crippen molar-refractivity contribution in [1.82, 2.24) is 0 Å². The number of anilines is 2. The van der Waals surface area contributed by atoms with E-state index in [1.807, 2.05) is 13.0 Å². The van der Waals surface area contributed by atoms with E-state index in [4.69, 9.17) is 4.74 Å². The molecule has 0 heterocycles. The highest BCUT2D eigenvalue weighted by molar-refractivity contribution is 7.92. The molecule has 0 unspecified atom stereocenters. The van der Waals surface area contributed by atoms with E-state index in [-0.39, 0.29) is 10.8 Å². The average Bonchev–Trinajstić information content (AvgIpc) is 2.69. The molecule has 3 aromatic rings. The van der Waals surface area contributed by atoms with Gasteiger partial charge in [-0.2, -0.15) is 0 Å². The summed E-state index contributed by atoms with van der Waals surface area (Å²) in [5.74, 6) is 0.0558. The van der Waals surface area contributed by atoms with Gasteiger partial charge in [0.05, 0.1) is 23.4 Å². The predicted octanol–water partition coefficient (Wildman–Crippen LogP) is 4.06. The van der Waals surface area contributed by atoms with Gasteiger partial charge >= 0.3 is 0 Å². The zero-order valence-electron chi connectivity index (χ0n) is 15.5. The summed E-state index contributed by atoms with van der Waals surface area (Å²) < 4.78 is 32.9. The Bertz CT molecular complexity index is 1080. The first kappa shape index (κ1) is 19.4. The number of rotatable bonds is 6. The van der Waals surface area contributed by atoms with Crippen LogP contribution in [0, 0.1) is 6.92 Å². The largest absolute Gasteiger partial charge is 0.494 e. The standard InChI is InChI=1S/C21H20N2O4S/c1-15-8-11-18(12-9-15)28(25,26)23-17-10-13-19(20(14-17)27-2)22-21(24)16-6-4-3-5-7-16/h3-14,23H,1-2H3,(H,22,24). The smallest absolute Gasteiger partial charge is 0.261 e. The first-order valence-electron chi connectivity index (χ1n) is 8.53. The van der Waals surface area contributed by atoms with E-state index in [1.54, 1.807) is 60.7 Å². The summed E-state index contributed by atoms with van der Waals surface area (Å²) in [5.41, 5.74) is 2.25. The summed E-state index contributed by atoms with van der Waals surface area (Å²) in [4.78, 5) is 12.5. The Morgan fingerprint density at radius 2 is 1.61 bits per heavy atom. The molecule has 3 aromatic carbocycles. The predicted molar refractivity (Wildman–Crippen MR) is 109 cm³/mol. The third-order valence-corrected chi connectivity index (χ3v) is 5.47. The van der Waals surface area contributed by atoms with Crippen molar-refractivity contribution in [2.24, 2.45) is 0 Å². The summed E-state index contributed by atoms with van der Waals surface area (Å²) in [6.07, 6.45) is 0. The fourth-order valence-electron chi connectivity index (χ4n) is 2.57. The van der Waals surface area contributed by atoms with Gasteiger partial charge in [-0.3, -0.25) is 9.52 Å². The average molecular weight is 396 g/mol. The highest BCUT2D eigenvalue weighted by atomic mass is 32.2. The molecule has 0 aliphatic carbocycles. The monoisotopic (exact) mass is 396 g/mol. The number of aryl methyl sites for hydroxylation is 1. The highest BCUT2D eigenvalue weighted by Gasteiger charge is 2.16. The number of benzene rings is 3. The van der Waals surface area contributed by atoms with Crippen molar-refractivity contribution >= 4 is 27.3 Å². The van der Waals surface area contributed by atoms with Crippen LogP contribution in [0.4, 0.5) is 11.4 Å². The third kappa shape index (κ3) is 4.50. The second kappa shape index (κ2) is 8.14. The minimum absolute atomic E-state index is 0.165. The van der Waals surface area contributed by atoms with Crippen LogP contribution in [0.25, 0.3) is 0 Å². The van der Waals surface area contributed by atoms with Gasteiger partial charge in [0, 0.05) is 11.6 Å². The molecule has 0 aliphatic heterocycles. The van der Waals surface area contributed by atoms with Crippen molar-refractivity contribution < 1.29 is 17.9 Å². The van der Waals surface area contributed by atoms with Crippen molar-refractivity contribution in [1.29, 1.82) is 0 Å². The molecule has 0 saturated carbocycles. The van der Waals surface area contributed by atoms with Gasteiger partial charge in [-0.1, -0.05) is 35.9 Å². The van der Waals surface area contributed by atoms with Crippen LogP contribution < -0.4 is 14.8 Å². The molecule has 0 spiro atoms. The number of amides is 1. The van der Waals surface area contributed by atoms with Gasteiger partial charge in [-0.15, -0.1) is 0 Å². The minimum Gasteiger partial charge on any atom is -0.494 e. The van der Waals surface area contributed by atoms with Gasteiger partial charge in [-0.05, 0) is 43.3 Å². The fraction of sp³-hybridized carbons (Fsp3) is 0.0952. The van der Waals surface area contributed by atoms with Crippen LogP contribution in [0.5, 0.6) is 5.75 Å². The van der Waals surface area contributed by atoms with E-state index in [2.05, 4.69) is 10.0 Å². The zero-order chi connectivity index (χ0) is 20.1. The summed E-state index contributed by atoms with van der Waals surface area (Å²) in [7, 11) is -2.28. The lowest BCUT2D eigenvalue weighted by Crippen LogP contribution is -2.14. The zero-order valence-corrected chi connectivity index (χ0v) is 16.3. The van der Waals surface area contributed by atoms with Gasteiger partial charge in [0.15, 0.2) is 0 Å². The Morgan fingerprint density at radius 1 is 0.929 bits per heavy atom. The molecular weight excluding hydrogens is 376 g/mol. The molecule has 0 radical (unpaired) electrons. The number of sulfonamides is 1. The second-order valence-electron chi connectivity index (χ2n) is 6.15. The molecule has 0 aliphatic rings. The normalized spacial score (nSPS) is 10.9. The summed E-state index contributed by atoms with van der Waals surface area (Å²) >= 11 is 0. The maximum Gasteiger partial charge on any atom is 0.261 e. The van der Waals surface area contributed by atoms with E-state index < -0.39 is 10.0 Å². The lowest BCUT2D eigenvalue weighted by molar-refractivity contribution is 0.102. The Morgan fingerprint density at radius 3 is 2.25 bits per heavy atom.